The molecular weight excluding hydrogens is 224 g/mol. The standard InChI is InChI=1S/C16H30O2/c1-7-13-14-11(4)8-9-12(10(2)3)15(14)18-16(5,6)17-13/h10-15H,7-9H2,1-6H3/t11-,12-,13-,14-,15+/m1/s1. The molecule has 0 N–H and O–H groups in total. The highest BCUT2D eigenvalue weighted by atomic mass is 16.7. The molecule has 2 aliphatic rings. The largest absolute Gasteiger partial charge is 0.347 e. The van der Waals surface area contributed by atoms with E-state index < -0.39 is 5.79 Å². The lowest BCUT2D eigenvalue weighted by Gasteiger charge is -2.54. The maximum absolute atomic E-state index is 6.33. The lowest BCUT2D eigenvalue weighted by atomic mass is 9.66. The van der Waals surface area contributed by atoms with Crippen molar-refractivity contribution in [3.05, 3.63) is 0 Å². The van der Waals surface area contributed by atoms with Crippen molar-refractivity contribution in [2.45, 2.75) is 78.8 Å². The van der Waals surface area contributed by atoms with E-state index in [4.69, 9.17) is 9.47 Å². The first kappa shape index (κ1) is 14.3. The molecule has 1 saturated carbocycles. The van der Waals surface area contributed by atoms with Gasteiger partial charge in [0.2, 0.25) is 0 Å². The Morgan fingerprint density at radius 2 is 1.83 bits per heavy atom. The predicted molar refractivity (Wildman–Crippen MR) is 74.3 cm³/mol. The average molecular weight is 254 g/mol. The van der Waals surface area contributed by atoms with E-state index in [2.05, 4.69) is 41.5 Å². The van der Waals surface area contributed by atoms with Crippen LogP contribution < -0.4 is 0 Å². The highest BCUT2D eigenvalue weighted by Crippen LogP contribution is 2.47. The Morgan fingerprint density at radius 1 is 1.17 bits per heavy atom. The maximum Gasteiger partial charge on any atom is 0.163 e. The molecule has 0 unspecified atom stereocenters. The topological polar surface area (TPSA) is 18.5 Å². The van der Waals surface area contributed by atoms with Gasteiger partial charge in [-0.1, -0.05) is 27.7 Å². The van der Waals surface area contributed by atoms with Gasteiger partial charge in [-0.3, -0.25) is 0 Å². The van der Waals surface area contributed by atoms with Crippen molar-refractivity contribution in [2.24, 2.45) is 23.7 Å². The molecule has 0 amide bonds. The van der Waals surface area contributed by atoms with Gasteiger partial charge in [0.05, 0.1) is 12.2 Å². The number of hydrogen-bond donors (Lipinski definition) is 0. The van der Waals surface area contributed by atoms with Gasteiger partial charge in [-0.2, -0.15) is 0 Å². The average Bonchev–Trinajstić information content (AvgIpc) is 2.26. The van der Waals surface area contributed by atoms with Gasteiger partial charge in [-0.25, -0.2) is 0 Å². The van der Waals surface area contributed by atoms with Gasteiger partial charge in [-0.15, -0.1) is 0 Å². The zero-order valence-corrected chi connectivity index (χ0v) is 12.9. The monoisotopic (exact) mass is 254 g/mol. The lowest BCUT2D eigenvalue weighted by Crippen LogP contribution is -2.57. The summed E-state index contributed by atoms with van der Waals surface area (Å²) in [5.74, 6) is 2.31. The molecular formula is C16H30O2. The Kier molecular flexibility index (Phi) is 4.08. The summed E-state index contributed by atoms with van der Waals surface area (Å²) < 4.78 is 12.5. The van der Waals surface area contributed by atoms with Gasteiger partial charge < -0.3 is 9.47 Å². The minimum Gasteiger partial charge on any atom is -0.347 e. The summed E-state index contributed by atoms with van der Waals surface area (Å²) in [6, 6.07) is 0. The summed E-state index contributed by atoms with van der Waals surface area (Å²) in [5, 5.41) is 0. The Bertz CT molecular complexity index is 285. The SMILES string of the molecule is CC[C@H]1OC(C)(C)O[C@@H]2[C@@H]1[C@H](C)CC[C@@H]2C(C)C. The summed E-state index contributed by atoms with van der Waals surface area (Å²) in [6.45, 7) is 13.4. The summed E-state index contributed by atoms with van der Waals surface area (Å²) in [7, 11) is 0. The smallest absolute Gasteiger partial charge is 0.163 e. The fraction of sp³-hybridized carbons (Fsp3) is 1.00. The molecule has 1 aliphatic carbocycles. The van der Waals surface area contributed by atoms with Gasteiger partial charge in [0.15, 0.2) is 5.79 Å². The van der Waals surface area contributed by atoms with E-state index in [1.807, 2.05) is 0 Å². The third kappa shape index (κ3) is 2.60. The second kappa shape index (κ2) is 5.13. The number of ether oxygens (including phenoxy) is 2. The summed E-state index contributed by atoms with van der Waals surface area (Å²) >= 11 is 0. The fourth-order valence-electron chi connectivity index (χ4n) is 4.03. The lowest BCUT2D eigenvalue weighted by molar-refractivity contribution is -0.344. The van der Waals surface area contributed by atoms with Crippen LogP contribution in [0.3, 0.4) is 0 Å². The van der Waals surface area contributed by atoms with E-state index in [0.29, 0.717) is 30.0 Å². The molecule has 2 rings (SSSR count). The summed E-state index contributed by atoms with van der Waals surface area (Å²) in [5.41, 5.74) is 0. The Balaban J connectivity index is 2.26. The van der Waals surface area contributed by atoms with Crippen LogP contribution in [0, 0.1) is 23.7 Å². The van der Waals surface area contributed by atoms with Crippen molar-refractivity contribution in [3.8, 4) is 0 Å². The summed E-state index contributed by atoms with van der Waals surface area (Å²) in [6.07, 6.45) is 4.50. The van der Waals surface area contributed by atoms with Crippen LogP contribution >= 0.6 is 0 Å². The van der Waals surface area contributed by atoms with Crippen LogP contribution in [0.1, 0.15) is 60.8 Å². The third-order valence-electron chi connectivity index (χ3n) is 4.96. The van der Waals surface area contributed by atoms with Crippen LogP contribution in [0.15, 0.2) is 0 Å². The minimum atomic E-state index is -0.411. The van der Waals surface area contributed by atoms with E-state index in [9.17, 15) is 0 Å². The Hall–Kier alpha value is -0.0800. The van der Waals surface area contributed by atoms with E-state index in [1.54, 1.807) is 0 Å². The van der Waals surface area contributed by atoms with Crippen LogP contribution in [0.5, 0.6) is 0 Å². The first-order valence-electron chi connectivity index (χ1n) is 7.71. The first-order valence-corrected chi connectivity index (χ1v) is 7.71. The van der Waals surface area contributed by atoms with Crippen molar-refractivity contribution in [1.29, 1.82) is 0 Å². The molecule has 0 aromatic carbocycles. The van der Waals surface area contributed by atoms with Crippen molar-refractivity contribution < 1.29 is 9.47 Å². The molecule has 18 heavy (non-hydrogen) atoms. The molecule has 106 valence electrons. The van der Waals surface area contributed by atoms with Crippen molar-refractivity contribution in [1.82, 2.24) is 0 Å². The van der Waals surface area contributed by atoms with Crippen molar-refractivity contribution >= 4 is 0 Å². The van der Waals surface area contributed by atoms with Crippen LogP contribution in [-0.4, -0.2) is 18.0 Å². The molecule has 0 aromatic heterocycles. The van der Waals surface area contributed by atoms with E-state index in [0.717, 1.165) is 12.3 Å². The molecule has 2 nitrogen and oxygen atoms in total. The quantitative estimate of drug-likeness (QED) is 0.734. The fourth-order valence-corrected chi connectivity index (χ4v) is 4.03. The van der Waals surface area contributed by atoms with E-state index in [-0.39, 0.29) is 0 Å². The molecule has 0 bridgehead atoms. The van der Waals surface area contributed by atoms with E-state index >= 15 is 0 Å². The Labute approximate surface area is 112 Å². The minimum absolute atomic E-state index is 0.371. The highest BCUT2D eigenvalue weighted by molar-refractivity contribution is 4.95. The highest BCUT2D eigenvalue weighted by Gasteiger charge is 2.50. The summed E-state index contributed by atoms with van der Waals surface area (Å²) in [4.78, 5) is 0. The Morgan fingerprint density at radius 3 is 2.39 bits per heavy atom. The molecule has 1 saturated heterocycles. The van der Waals surface area contributed by atoms with Crippen LogP contribution in [0.25, 0.3) is 0 Å². The molecule has 2 fully saturated rings. The zero-order chi connectivity index (χ0) is 13.5. The maximum atomic E-state index is 6.33. The normalized spacial score (nSPS) is 43.8. The predicted octanol–water partition coefficient (Wildman–Crippen LogP) is 4.23. The van der Waals surface area contributed by atoms with Gasteiger partial charge in [0.25, 0.3) is 0 Å². The molecule has 0 aromatic rings. The number of rotatable bonds is 2. The second-order valence-corrected chi connectivity index (χ2v) is 7.09. The van der Waals surface area contributed by atoms with Crippen LogP contribution in [0.2, 0.25) is 0 Å². The molecule has 2 heteroatoms. The second-order valence-electron chi connectivity index (χ2n) is 7.09. The number of hydrogen-bond acceptors (Lipinski definition) is 2. The third-order valence-corrected chi connectivity index (χ3v) is 4.96. The van der Waals surface area contributed by atoms with Crippen molar-refractivity contribution in [2.75, 3.05) is 0 Å². The zero-order valence-electron chi connectivity index (χ0n) is 12.9. The molecule has 0 radical (unpaired) electrons. The first-order chi connectivity index (χ1) is 8.35. The van der Waals surface area contributed by atoms with Crippen LogP contribution in [-0.2, 0) is 9.47 Å². The molecule has 1 heterocycles. The van der Waals surface area contributed by atoms with E-state index in [1.165, 1.54) is 12.8 Å². The molecule has 5 atom stereocenters. The van der Waals surface area contributed by atoms with Crippen molar-refractivity contribution in [3.63, 3.8) is 0 Å². The van der Waals surface area contributed by atoms with Gasteiger partial charge in [-0.05, 0) is 50.9 Å². The van der Waals surface area contributed by atoms with Crippen LogP contribution in [0.4, 0.5) is 0 Å². The van der Waals surface area contributed by atoms with Gasteiger partial charge in [0, 0.05) is 5.92 Å². The van der Waals surface area contributed by atoms with Gasteiger partial charge >= 0.3 is 0 Å². The van der Waals surface area contributed by atoms with Gasteiger partial charge in [0.1, 0.15) is 0 Å². The number of fused-ring (bicyclic) bond motifs is 1. The molecule has 0 spiro atoms. The molecule has 1 aliphatic heterocycles.